The summed E-state index contributed by atoms with van der Waals surface area (Å²) in [6, 6.07) is 7.95. The van der Waals surface area contributed by atoms with Crippen molar-refractivity contribution in [3.05, 3.63) is 88.6 Å². The Morgan fingerprint density at radius 2 is 1.80 bits per heavy atom. The summed E-state index contributed by atoms with van der Waals surface area (Å²) in [5.74, 6) is -0.503. The Hall–Kier alpha value is -4.78. The first-order valence-electron chi connectivity index (χ1n) is 12.5. The lowest BCUT2D eigenvalue weighted by atomic mass is 10.1. The first-order chi connectivity index (χ1) is 19.5. The van der Waals surface area contributed by atoms with Crippen LogP contribution in [-0.4, -0.2) is 37.9 Å². The van der Waals surface area contributed by atoms with E-state index in [1.807, 2.05) is 6.92 Å². The van der Waals surface area contributed by atoms with Crippen LogP contribution in [0.15, 0.2) is 60.6 Å². The van der Waals surface area contributed by atoms with Crippen LogP contribution in [0.25, 0.3) is 15.9 Å². The van der Waals surface area contributed by atoms with Crippen LogP contribution in [-0.2, 0) is 6.18 Å². The van der Waals surface area contributed by atoms with Gasteiger partial charge >= 0.3 is 6.18 Å². The number of carbonyl (C=O) groups excluding carboxylic acids is 2. The van der Waals surface area contributed by atoms with Crippen molar-refractivity contribution in [1.29, 1.82) is 0 Å². The lowest BCUT2D eigenvalue weighted by Crippen LogP contribution is -2.16. The molecule has 41 heavy (non-hydrogen) atoms. The lowest BCUT2D eigenvalue weighted by Gasteiger charge is -2.14. The zero-order chi connectivity index (χ0) is 29.3. The molecule has 0 spiro atoms. The van der Waals surface area contributed by atoms with Crippen LogP contribution in [0.2, 0.25) is 0 Å². The maximum atomic E-state index is 13.6. The van der Waals surface area contributed by atoms with Gasteiger partial charge in [0.15, 0.2) is 0 Å². The van der Waals surface area contributed by atoms with Crippen molar-refractivity contribution in [2.75, 3.05) is 22.5 Å². The third kappa shape index (κ3) is 5.89. The Bertz CT molecular complexity index is 1780. The van der Waals surface area contributed by atoms with Gasteiger partial charge in [0.05, 0.1) is 33.4 Å². The summed E-state index contributed by atoms with van der Waals surface area (Å²) in [4.78, 5) is 38.8. The number of benzene rings is 2. The maximum Gasteiger partial charge on any atom is 0.416 e. The van der Waals surface area contributed by atoms with Gasteiger partial charge < -0.3 is 20.5 Å². The Morgan fingerprint density at radius 3 is 2.51 bits per heavy atom. The Morgan fingerprint density at radius 1 is 1.00 bits per heavy atom. The van der Waals surface area contributed by atoms with Gasteiger partial charge in [-0.05, 0) is 56.7 Å². The summed E-state index contributed by atoms with van der Waals surface area (Å²) in [5.41, 5.74) is 1.92. The van der Waals surface area contributed by atoms with Gasteiger partial charge in [-0.15, -0.1) is 11.3 Å². The molecule has 0 aliphatic heterocycles. The van der Waals surface area contributed by atoms with Crippen molar-refractivity contribution in [3.8, 4) is 5.69 Å². The van der Waals surface area contributed by atoms with E-state index in [1.165, 1.54) is 34.6 Å². The number of aryl methyl sites for hydroxylation is 2. The summed E-state index contributed by atoms with van der Waals surface area (Å²) in [5, 5.41) is 10.3. The van der Waals surface area contributed by atoms with Crippen LogP contribution in [0.5, 0.6) is 0 Å². The number of nitrogens with zero attached hydrogens (tertiary/aromatic N) is 4. The van der Waals surface area contributed by atoms with E-state index in [9.17, 15) is 22.8 Å². The predicted octanol–water partition coefficient (Wildman–Crippen LogP) is 6.45. The molecule has 13 heteroatoms. The molecule has 5 aromatic rings. The predicted molar refractivity (Wildman–Crippen MR) is 152 cm³/mol. The number of anilines is 3. The molecule has 3 heterocycles. The fourth-order valence-electron chi connectivity index (χ4n) is 4.15. The Balaban J connectivity index is 1.40. The number of hydrogen-bond donors (Lipinski definition) is 3. The Kier molecular flexibility index (Phi) is 7.45. The highest BCUT2D eigenvalue weighted by molar-refractivity contribution is 7.18. The number of fused-ring (bicyclic) bond motifs is 1. The topological polar surface area (TPSA) is 114 Å². The molecule has 3 N–H and O–H groups in total. The number of thiophene rings is 1. The fraction of sp³-hybridized carbons (Fsp3) is 0.179. The highest BCUT2D eigenvalue weighted by Crippen LogP contribution is 2.33. The SMILES string of the molecule is CCNc1ncnc2c(C(=O)Nc3cc(NC(=O)c4cc(-n5cnc(C)c5)cc(C(F)(F)F)c4)ccc3C)csc12. The van der Waals surface area contributed by atoms with Gasteiger partial charge in [-0.3, -0.25) is 9.59 Å². The second-order valence-electron chi connectivity index (χ2n) is 9.21. The van der Waals surface area contributed by atoms with Gasteiger partial charge in [0, 0.05) is 40.7 Å². The molecule has 2 amide bonds. The number of alkyl halides is 3. The number of halogens is 3. The smallest absolute Gasteiger partial charge is 0.369 e. The van der Waals surface area contributed by atoms with Crippen molar-refractivity contribution >= 4 is 50.6 Å². The molecule has 0 saturated carbocycles. The molecule has 0 fully saturated rings. The van der Waals surface area contributed by atoms with Gasteiger partial charge in [0.1, 0.15) is 12.1 Å². The van der Waals surface area contributed by atoms with Crippen molar-refractivity contribution in [3.63, 3.8) is 0 Å². The molecule has 0 bridgehead atoms. The summed E-state index contributed by atoms with van der Waals surface area (Å²) in [7, 11) is 0. The third-order valence-electron chi connectivity index (χ3n) is 6.20. The molecular weight excluding hydrogens is 555 g/mol. The van der Waals surface area contributed by atoms with Crippen molar-refractivity contribution in [1.82, 2.24) is 19.5 Å². The van der Waals surface area contributed by atoms with E-state index >= 15 is 0 Å². The quantitative estimate of drug-likeness (QED) is 0.204. The largest absolute Gasteiger partial charge is 0.416 e. The number of carbonyl (C=O) groups is 2. The third-order valence-corrected chi connectivity index (χ3v) is 7.18. The number of rotatable bonds is 7. The number of nitrogens with one attached hydrogen (secondary N) is 3. The van der Waals surface area contributed by atoms with Gasteiger partial charge in [0.25, 0.3) is 11.8 Å². The highest BCUT2D eigenvalue weighted by Gasteiger charge is 2.32. The minimum atomic E-state index is -4.66. The minimum absolute atomic E-state index is 0.145. The van der Waals surface area contributed by atoms with Gasteiger partial charge in [-0.2, -0.15) is 13.2 Å². The molecule has 0 atom stereocenters. The van der Waals surface area contributed by atoms with Crippen molar-refractivity contribution < 1.29 is 22.8 Å². The summed E-state index contributed by atoms with van der Waals surface area (Å²) in [6.07, 6.45) is -0.328. The normalized spacial score (nSPS) is 11.5. The average Bonchev–Trinajstić information content (AvgIpc) is 3.57. The molecule has 0 unspecified atom stereocenters. The molecule has 210 valence electrons. The number of hydrogen-bond acceptors (Lipinski definition) is 7. The van der Waals surface area contributed by atoms with Gasteiger partial charge in [-0.25, -0.2) is 15.0 Å². The summed E-state index contributed by atoms with van der Waals surface area (Å²) in [6.45, 7) is 6.09. The molecule has 0 saturated heterocycles. The second-order valence-corrected chi connectivity index (χ2v) is 10.1. The van der Waals surface area contributed by atoms with E-state index < -0.39 is 23.6 Å². The zero-order valence-electron chi connectivity index (χ0n) is 22.1. The summed E-state index contributed by atoms with van der Waals surface area (Å²) < 4.78 is 43.1. The van der Waals surface area contributed by atoms with Gasteiger partial charge in [0.2, 0.25) is 0 Å². The van der Waals surface area contributed by atoms with Crippen molar-refractivity contribution in [2.45, 2.75) is 26.9 Å². The lowest BCUT2D eigenvalue weighted by molar-refractivity contribution is -0.137. The van der Waals surface area contributed by atoms with Crippen LogP contribution >= 0.6 is 11.3 Å². The first kappa shape index (κ1) is 27.8. The van der Waals surface area contributed by atoms with Gasteiger partial charge in [-0.1, -0.05) is 6.07 Å². The molecule has 5 rings (SSSR count). The summed E-state index contributed by atoms with van der Waals surface area (Å²) >= 11 is 1.35. The maximum absolute atomic E-state index is 13.6. The van der Waals surface area contributed by atoms with Crippen LogP contribution in [0.4, 0.5) is 30.4 Å². The van der Waals surface area contributed by atoms with Crippen LogP contribution in [0, 0.1) is 13.8 Å². The molecule has 3 aromatic heterocycles. The highest BCUT2D eigenvalue weighted by atomic mass is 32.1. The minimum Gasteiger partial charge on any atom is -0.369 e. The second kappa shape index (κ2) is 11.0. The molecule has 0 radical (unpaired) electrons. The van der Waals surface area contributed by atoms with Crippen LogP contribution in [0.3, 0.4) is 0 Å². The van der Waals surface area contributed by atoms with Crippen LogP contribution in [0.1, 0.15) is 44.5 Å². The van der Waals surface area contributed by atoms with E-state index in [0.29, 0.717) is 40.5 Å². The van der Waals surface area contributed by atoms with E-state index in [4.69, 9.17) is 0 Å². The molecule has 9 nitrogen and oxygen atoms in total. The fourth-order valence-corrected chi connectivity index (χ4v) is 5.12. The standard InChI is InChI=1S/C28H24F3N7O2S/c1-4-32-25-24-23(33-13-34-25)21(12-41-24)27(40)37-22-10-19(6-5-15(22)2)36-26(39)17-7-18(28(29,30)31)9-20(8-17)38-11-16(3)35-14-38/h5-14H,4H2,1-3H3,(H,36,39)(H,37,40)(H,32,33,34). The van der Waals surface area contributed by atoms with Crippen LogP contribution < -0.4 is 16.0 Å². The van der Waals surface area contributed by atoms with E-state index in [-0.39, 0.29) is 11.3 Å². The number of amides is 2. The van der Waals surface area contributed by atoms with E-state index in [2.05, 4.69) is 30.9 Å². The molecular formula is C28H24F3N7O2S. The monoisotopic (exact) mass is 579 g/mol. The number of imidazole rings is 1. The molecule has 0 aliphatic carbocycles. The van der Waals surface area contributed by atoms with E-state index in [1.54, 1.807) is 43.6 Å². The number of aromatic nitrogens is 4. The zero-order valence-corrected chi connectivity index (χ0v) is 22.9. The van der Waals surface area contributed by atoms with E-state index in [0.717, 1.165) is 22.4 Å². The Labute approximate surface area is 236 Å². The average molecular weight is 580 g/mol. The first-order valence-corrected chi connectivity index (χ1v) is 13.3. The molecule has 2 aromatic carbocycles. The molecule has 0 aliphatic rings. The van der Waals surface area contributed by atoms with Crippen molar-refractivity contribution in [2.24, 2.45) is 0 Å².